The van der Waals surface area contributed by atoms with Gasteiger partial charge < -0.3 is 5.32 Å². The summed E-state index contributed by atoms with van der Waals surface area (Å²) in [5.41, 5.74) is 3.73. The molecule has 0 atom stereocenters. The van der Waals surface area contributed by atoms with Crippen molar-refractivity contribution < 1.29 is 4.39 Å². The highest BCUT2D eigenvalue weighted by atomic mass is 19.1. The molecule has 1 aliphatic rings. The Kier molecular flexibility index (Phi) is 3.24. The molecular weight excluding hydrogens is 237 g/mol. The Balaban J connectivity index is 1.57. The summed E-state index contributed by atoms with van der Waals surface area (Å²) in [6.45, 7) is 2.10. The summed E-state index contributed by atoms with van der Waals surface area (Å²) in [4.78, 5) is 0. The molecule has 2 heteroatoms. The van der Waals surface area contributed by atoms with Gasteiger partial charge in [0.2, 0.25) is 0 Å². The first-order valence-corrected chi connectivity index (χ1v) is 6.79. The highest BCUT2D eigenvalue weighted by molar-refractivity contribution is 5.47. The van der Waals surface area contributed by atoms with E-state index in [4.69, 9.17) is 0 Å². The zero-order chi connectivity index (χ0) is 13.2. The van der Waals surface area contributed by atoms with Gasteiger partial charge in [-0.3, -0.25) is 0 Å². The summed E-state index contributed by atoms with van der Waals surface area (Å²) in [7, 11) is 0. The number of aryl methyl sites for hydroxylation is 1. The molecule has 0 heterocycles. The second-order valence-corrected chi connectivity index (χ2v) is 5.43. The minimum Gasteiger partial charge on any atom is -0.382 e. The topological polar surface area (TPSA) is 12.0 Å². The maximum atomic E-state index is 12.9. The van der Waals surface area contributed by atoms with Gasteiger partial charge in [-0.05, 0) is 61.1 Å². The van der Waals surface area contributed by atoms with Gasteiger partial charge in [0, 0.05) is 11.7 Å². The van der Waals surface area contributed by atoms with Crippen LogP contribution in [0.25, 0.3) is 0 Å². The number of benzene rings is 2. The molecule has 19 heavy (non-hydrogen) atoms. The lowest BCUT2D eigenvalue weighted by atomic mass is 9.76. The van der Waals surface area contributed by atoms with Crippen LogP contribution in [0.15, 0.2) is 48.5 Å². The van der Waals surface area contributed by atoms with Gasteiger partial charge in [-0.1, -0.05) is 24.3 Å². The molecular formula is C17H18FN. The summed E-state index contributed by atoms with van der Waals surface area (Å²) in [6.07, 6.45) is 2.25. The van der Waals surface area contributed by atoms with E-state index in [1.165, 1.54) is 16.8 Å². The van der Waals surface area contributed by atoms with E-state index in [0.717, 1.165) is 12.8 Å². The lowest BCUT2D eigenvalue weighted by Gasteiger charge is -2.37. The monoisotopic (exact) mass is 255 g/mol. The van der Waals surface area contributed by atoms with E-state index in [1.807, 2.05) is 12.1 Å². The third-order valence-corrected chi connectivity index (χ3v) is 3.87. The number of anilines is 1. The minimum atomic E-state index is -0.155. The largest absolute Gasteiger partial charge is 0.382 e. The Morgan fingerprint density at radius 3 is 2.47 bits per heavy atom. The average Bonchev–Trinajstić information content (AvgIpc) is 2.35. The first-order valence-electron chi connectivity index (χ1n) is 6.79. The van der Waals surface area contributed by atoms with Gasteiger partial charge in [0.1, 0.15) is 5.82 Å². The van der Waals surface area contributed by atoms with Crippen LogP contribution < -0.4 is 5.32 Å². The van der Waals surface area contributed by atoms with Crippen LogP contribution in [0.4, 0.5) is 10.1 Å². The summed E-state index contributed by atoms with van der Waals surface area (Å²) in [5, 5.41) is 3.56. The zero-order valence-electron chi connectivity index (χ0n) is 11.1. The van der Waals surface area contributed by atoms with Crippen molar-refractivity contribution in [3.63, 3.8) is 0 Å². The van der Waals surface area contributed by atoms with E-state index in [9.17, 15) is 4.39 Å². The Labute approximate surface area is 113 Å². The molecule has 0 saturated heterocycles. The maximum Gasteiger partial charge on any atom is 0.123 e. The molecule has 1 N–H and O–H groups in total. The van der Waals surface area contributed by atoms with Gasteiger partial charge in [-0.2, -0.15) is 0 Å². The first-order chi connectivity index (χ1) is 9.20. The second-order valence-electron chi connectivity index (χ2n) is 5.43. The maximum absolute atomic E-state index is 12.9. The molecule has 0 amide bonds. The van der Waals surface area contributed by atoms with Gasteiger partial charge >= 0.3 is 0 Å². The van der Waals surface area contributed by atoms with Crippen LogP contribution in [0.3, 0.4) is 0 Å². The van der Waals surface area contributed by atoms with Crippen LogP contribution in [0.1, 0.15) is 29.9 Å². The molecule has 0 bridgehead atoms. The molecule has 2 aromatic carbocycles. The molecule has 0 aromatic heterocycles. The molecule has 0 spiro atoms. The van der Waals surface area contributed by atoms with Crippen molar-refractivity contribution in [3.05, 3.63) is 65.5 Å². The normalized spacial score (nSPS) is 21.8. The minimum absolute atomic E-state index is 0.155. The highest BCUT2D eigenvalue weighted by Gasteiger charge is 2.30. The predicted octanol–water partition coefficient (Wildman–Crippen LogP) is 4.49. The van der Waals surface area contributed by atoms with Crippen LogP contribution in [0.5, 0.6) is 0 Å². The number of nitrogens with one attached hydrogen (secondary N) is 1. The van der Waals surface area contributed by atoms with E-state index in [-0.39, 0.29) is 5.82 Å². The summed E-state index contributed by atoms with van der Waals surface area (Å²) >= 11 is 0. The SMILES string of the molecule is Cc1cccc(NC2CC(c3ccc(F)cc3)C2)c1. The fraction of sp³-hybridized carbons (Fsp3) is 0.294. The van der Waals surface area contributed by atoms with Crippen LogP contribution in [-0.2, 0) is 0 Å². The van der Waals surface area contributed by atoms with E-state index in [1.54, 1.807) is 12.1 Å². The summed E-state index contributed by atoms with van der Waals surface area (Å²) < 4.78 is 12.9. The zero-order valence-corrected chi connectivity index (χ0v) is 11.1. The van der Waals surface area contributed by atoms with E-state index >= 15 is 0 Å². The Hall–Kier alpha value is -1.83. The van der Waals surface area contributed by atoms with Crippen LogP contribution in [0, 0.1) is 12.7 Å². The summed E-state index contributed by atoms with van der Waals surface area (Å²) in [5.74, 6) is 0.417. The fourth-order valence-corrected chi connectivity index (χ4v) is 2.71. The molecule has 1 aliphatic carbocycles. The van der Waals surface area contributed by atoms with Crippen LogP contribution in [0.2, 0.25) is 0 Å². The van der Waals surface area contributed by atoms with Crippen molar-refractivity contribution in [1.82, 2.24) is 0 Å². The Morgan fingerprint density at radius 1 is 1.05 bits per heavy atom. The Bertz CT molecular complexity index is 556. The van der Waals surface area contributed by atoms with Crippen molar-refractivity contribution in [3.8, 4) is 0 Å². The van der Waals surface area contributed by atoms with E-state index in [2.05, 4.69) is 36.5 Å². The third kappa shape index (κ3) is 2.78. The molecule has 0 unspecified atom stereocenters. The number of hydrogen-bond donors (Lipinski definition) is 1. The lowest BCUT2D eigenvalue weighted by molar-refractivity contribution is 0.374. The summed E-state index contributed by atoms with van der Waals surface area (Å²) in [6, 6.07) is 15.9. The van der Waals surface area contributed by atoms with Gasteiger partial charge in [-0.25, -0.2) is 4.39 Å². The van der Waals surface area contributed by atoms with Crippen molar-refractivity contribution in [1.29, 1.82) is 0 Å². The molecule has 0 radical (unpaired) electrons. The molecule has 1 fully saturated rings. The fourth-order valence-electron chi connectivity index (χ4n) is 2.71. The first kappa shape index (κ1) is 12.2. The van der Waals surface area contributed by atoms with Crippen molar-refractivity contribution in [2.75, 3.05) is 5.32 Å². The van der Waals surface area contributed by atoms with E-state index in [0.29, 0.717) is 12.0 Å². The van der Waals surface area contributed by atoms with Gasteiger partial charge in [0.05, 0.1) is 0 Å². The smallest absolute Gasteiger partial charge is 0.123 e. The molecule has 98 valence electrons. The lowest BCUT2D eigenvalue weighted by Crippen LogP contribution is -2.33. The third-order valence-electron chi connectivity index (χ3n) is 3.87. The number of hydrogen-bond acceptors (Lipinski definition) is 1. The van der Waals surface area contributed by atoms with Gasteiger partial charge in [0.15, 0.2) is 0 Å². The van der Waals surface area contributed by atoms with Crippen LogP contribution >= 0.6 is 0 Å². The second kappa shape index (κ2) is 5.04. The number of halogens is 1. The predicted molar refractivity (Wildman–Crippen MR) is 77.0 cm³/mol. The quantitative estimate of drug-likeness (QED) is 0.852. The van der Waals surface area contributed by atoms with Crippen LogP contribution in [-0.4, -0.2) is 6.04 Å². The highest BCUT2D eigenvalue weighted by Crippen LogP contribution is 2.38. The van der Waals surface area contributed by atoms with Gasteiger partial charge in [-0.15, -0.1) is 0 Å². The van der Waals surface area contributed by atoms with Crippen molar-refractivity contribution in [2.45, 2.75) is 31.7 Å². The van der Waals surface area contributed by atoms with Crippen molar-refractivity contribution >= 4 is 5.69 Å². The van der Waals surface area contributed by atoms with Crippen molar-refractivity contribution in [2.24, 2.45) is 0 Å². The molecule has 2 aromatic rings. The molecule has 0 aliphatic heterocycles. The van der Waals surface area contributed by atoms with E-state index < -0.39 is 0 Å². The molecule has 3 rings (SSSR count). The molecule has 1 saturated carbocycles. The standard InChI is InChI=1S/C17H18FN/c1-12-3-2-4-16(9-12)19-17-10-14(11-17)13-5-7-15(18)8-6-13/h2-9,14,17,19H,10-11H2,1H3. The average molecular weight is 255 g/mol. The number of rotatable bonds is 3. The Morgan fingerprint density at radius 2 is 1.79 bits per heavy atom. The molecule has 1 nitrogen and oxygen atoms in total. The van der Waals surface area contributed by atoms with Gasteiger partial charge in [0.25, 0.3) is 0 Å².